The van der Waals surface area contributed by atoms with Crippen molar-refractivity contribution in [2.75, 3.05) is 13.2 Å². The van der Waals surface area contributed by atoms with Crippen LogP contribution in [-0.2, 0) is 28.6 Å². The predicted molar refractivity (Wildman–Crippen MR) is 261 cm³/mol. The second kappa shape index (κ2) is 46.4. The van der Waals surface area contributed by atoms with Gasteiger partial charge in [0.05, 0.1) is 0 Å². The van der Waals surface area contributed by atoms with Crippen LogP contribution in [-0.4, -0.2) is 37.2 Å². The van der Waals surface area contributed by atoms with Crippen molar-refractivity contribution >= 4 is 17.9 Å². The maximum Gasteiger partial charge on any atom is 0.306 e. The van der Waals surface area contributed by atoms with Gasteiger partial charge in [0.25, 0.3) is 0 Å². The minimum atomic E-state index is -0.763. The number of esters is 3. The summed E-state index contributed by atoms with van der Waals surface area (Å²) in [4.78, 5) is 38.0. The van der Waals surface area contributed by atoms with E-state index in [-0.39, 0.29) is 31.1 Å². The lowest BCUT2D eigenvalue weighted by Gasteiger charge is -2.18. The van der Waals surface area contributed by atoms with E-state index >= 15 is 0 Å². The first kappa shape index (κ1) is 59.4. The third-order valence-electron chi connectivity index (χ3n) is 12.8. The number of rotatable bonds is 48. The van der Waals surface area contributed by atoms with Gasteiger partial charge in [-0.3, -0.25) is 14.4 Å². The first-order valence-electron chi connectivity index (χ1n) is 27.1. The zero-order chi connectivity index (χ0) is 44.9. The molecule has 1 unspecified atom stereocenters. The molecule has 2 atom stereocenters. The summed E-state index contributed by atoms with van der Waals surface area (Å²) < 4.78 is 16.8. The fourth-order valence-corrected chi connectivity index (χ4v) is 8.26. The third kappa shape index (κ3) is 47.7. The molecule has 0 N–H and O–H groups in total. The molecule has 0 fully saturated rings. The molecule has 0 aliphatic rings. The largest absolute Gasteiger partial charge is 0.462 e. The lowest BCUT2D eigenvalue weighted by atomic mass is 9.99. The Morgan fingerprint density at radius 2 is 0.574 bits per heavy atom. The van der Waals surface area contributed by atoms with Crippen molar-refractivity contribution in [3.63, 3.8) is 0 Å². The van der Waals surface area contributed by atoms with Crippen molar-refractivity contribution in [3.8, 4) is 0 Å². The van der Waals surface area contributed by atoms with Gasteiger partial charge in [0, 0.05) is 19.3 Å². The molecule has 0 rings (SSSR count). The number of carbonyl (C=O) groups excluding carboxylic acids is 3. The van der Waals surface area contributed by atoms with Gasteiger partial charge in [0.15, 0.2) is 6.10 Å². The van der Waals surface area contributed by atoms with E-state index < -0.39 is 6.10 Å². The molecule has 0 aliphatic heterocycles. The van der Waals surface area contributed by atoms with Gasteiger partial charge in [-0.1, -0.05) is 260 Å². The maximum absolute atomic E-state index is 12.8. The number of hydrogen-bond donors (Lipinski definition) is 0. The molecule has 0 aromatic rings. The Bertz CT molecular complexity index is 947. The van der Waals surface area contributed by atoms with Gasteiger partial charge in [-0.15, -0.1) is 0 Å². The van der Waals surface area contributed by atoms with E-state index in [0.29, 0.717) is 19.3 Å². The summed E-state index contributed by atoms with van der Waals surface area (Å²) in [5.74, 6) is 1.65. The Hall–Kier alpha value is -1.59. The molecule has 0 bridgehead atoms. The molecule has 0 saturated heterocycles. The van der Waals surface area contributed by atoms with Crippen LogP contribution in [0, 0.1) is 17.8 Å². The van der Waals surface area contributed by atoms with Crippen LogP contribution >= 0.6 is 0 Å². The van der Waals surface area contributed by atoms with Crippen LogP contribution in [0.3, 0.4) is 0 Å². The highest BCUT2D eigenvalue weighted by Gasteiger charge is 2.19. The highest BCUT2D eigenvalue weighted by molar-refractivity contribution is 5.71. The molecule has 0 saturated carbocycles. The minimum Gasteiger partial charge on any atom is -0.462 e. The summed E-state index contributed by atoms with van der Waals surface area (Å²) in [6.07, 6.45) is 46.7. The Morgan fingerprint density at radius 3 is 0.852 bits per heavy atom. The average molecular weight is 863 g/mol. The van der Waals surface area contributed by atoms with Crippen LogP contribution in [0.1, 0.15) is 298 Å². The first-order valence-corrected chi connectivity index (χ1v) is 27.1. The van der Waals surface area contributed by atoms with E-state index in [1.54, 1.807) is 0 Å². The topological polar surface area (TPSA) is 78.9 Å². The van der Waals surface area contributed by atoms with Gasteiger partial charge in [-0.25, -0.2) is 0 Å². The van der Waals surface area contributed by atoms with Gasteiger partial charge in [-0.2, -0.15) is 0 Å². The highest BCUT2D eigenvalue weighted by atomic mass is 16.6. The zero-order valence-electron chi connectivity index (χ0n) is 42.0. The van der Waals surface area contributed by atoms with Crippen LogP contribution in [0.15, 0.2) is 0 Å². The Kier molecular flexibility index (Phi) is 45.2. The second-order valence-corrected chi connectivity index (χ2v) is 20.1. The summed E-state index contributed by atoms with van der Waals surface area (Å²) in [5, 5.41) is 0. The van der Waals surface area contributed by atoms with Crippen LogP contribution < -0.4 is 0 Å². The number of ether oxygens (including phenoxy) is 3. The number of unbranched alkanes of at least 4 members (excludes halogenated alkanes) is 30. The van der Waals surface area contributed by atoms with Crippen molar-refractivity contribution in [1.82, 2.24) is 0 Å². The van der Waals surface area contributed by atoms with Crippen LogP contribution in [0.5, 0.6) is 0 Å². The Balaban J connectivity index is 4.27. The van der Waals surface area contributed by atoms with Crippen LogP contribution in [0.25, 0.3) is 0 Å². The third-order valence-corrected chi connectivity index (χ3v) is 12.8. The zero-order valence-corrected chi connectivity index (χ0v) is 42.0. The summed E-state index contributed by atoms with van der Waals surface area (Å²) in [6.45, 7) is 13.7. The molecule has 0 spiro atoms. The molecular weight excluding hydrogens is 757 g/mol. The molecule has 6 heteroatoms. The molecule has 0 aliphatic carbocycles. The van der Waals surface area contributed by atoms with Gasteiger partial charge < -0.3 is 14.2 Å². The standard InChI is InChI=1S/C55H106O6/c1-7-51(6)43-37-31-25-19-16-17-20-26-32-38-44-53(56)59-47-52(48-60-54(57)45-39-33-28-22-24-30-36-42-50(4)5)61-55(58)46-40-34-27-21-15-13-11-9-8-10-12-14-18-23-29-35-41-49(2)3/h49-52H,7-48H2,1-6H3/t51?,52-/m0/s1. The van der Waals surface area contributed by atoms with E-state index in [1.807, 2.05) is 0 Å². The quantitative estimate of drug-likeness (QED) is 0.0344. The van der Waals surface area contributed by atoms with Gasteiger partial charge in [-0.05, 0) is 37.0 Å². The predicted octanol–water partition coefficient (Wildman–Crippen LogP) is 17.6. The van der Waals surface area contributed by atoms with E-state index in [2.05, 4.69) is 41.5 Å². The molecule has 0 heterocycles. The maximum atomic E-state index is 12.8. The van der Waals surface area contributed by atoms with E-state index in [4.69, 9.17) is 14.2 Å². The molecule has 0 aromatic heterocycles. The minimum absolute atomic E-state index is 0.0649. The van der Waals surface area contributed by atoms with E-state index in [9.17, 15) is 14.4 Å². The van der Waals surface area contributed by atoms with Crippen molar-refractivity contribution in [2.24, 2.45) is 17.8 Å². The smallest absolute Gasteiger partial charge is 0.306 e. The summed E-state index contributed by atoms with van der Waals surface area (Å²) >= 11 is 0. The van der Waals surface area contributed by atoms with Crippen molar-refractivity contribution < 1.29 is 28.6 Å². The Labute approximate surface area is 380 Å². The SMILES string of the molecule is CCC(C)CCCCCCCCCCCCC(=O)OC[C@@H](COC(=O)CCCCCCCCCC(C)C)OC(=O)CCCCCCCCCCCCCCCCCCC(C)C. The van der Waals surface area contributed by atoms with Crippen molar-refractivity contribution in [2.45, 2.75) is 304 Å². The Morgan fingerprint density at radius 1 is 0.328 bits per heavy atom. The normalized spacial score (nSPS) is 12.6. The average Bonchev–Trinajstić information content (AvgIpc) is 3.23. The molecular formula is C55H106O6. The molecule has 362 valence electrons. The van der Waals surface area contributed by atoms with E-state index in [1.165, 1.54) is 180 Å². The van der Waals surface area contributed by atoms with Gasteiger partial charge >= 0.3 is 17.9 Å². The van der Waals surface area contributed by atoms with Crippen molar-refractivity contribution in [1.29, 1.82) is 0 Å². The van der Waals surface area contributed by atoms with Crippen LogP contribution in [0.4, 0.5) is 0 Å². The first-order chi connectivity index (χ1) is 29.6. The second-order valence-electron chi connectivity index (χ2n) is 20.1. The monoisotopic (exact) mass is 863 g/mol. The summed E-state index contributed by atoms with van der Waals surface area (Å²) in [6, 6.07) is 0. The van der Waals surface area contributed by atoms with E-state index in [0.717, 1.165) is 75.5 Å². The molecule has 0 aromatic carbocycles. The highest BCUT2D eigenvalue weighted by Crippen LogP contribution is 2.18. The van der Waals surface area contributed by atoms with Gasteiger partial charge in [0.1, 0.15) is 13.2 Å². The fraction of sp³-hybridized carbons (Fsp3) is 0.945. The van der Waals surface area contributed by atoms with Gasteiger partial charge in [0.2, 0.25) is 0 Å². The fourth-order valence-electron chi connectivity index (χ4n) is 8.26. The molecule has 61 heavy (non-hydrogen) atoms. The molecule has 0 radical (unpaired) electrons. The number of hydrogen-bond acceptors (Lipinski definition) is 6. The summed E-state index contributed by atoms with van der Waals surface area (Å²) in [5.41, 5.74) is 0. The van der Waals surface area contributed by atoms with Crippen molar-refractivity contribution in [3.05, 3.63) is 0 Å². The lowest BCUT2D eigenvalue weighted by Crippen LogP contribution is -2.30. The van der Waals surface area contributed by atoms with Crippen LogP contribution in [0.2, 0.25) is 0 Å². The summed E-state index contributed by atoms with van der Waals surface area (Å²) in [7, 11) is 0. The molecule has 6 nitrogen and oxygen atoms in total. The molecule has 0 amide bonds. The number of carbonyl (C=O) groups is 3. The lowest BCUT2D eigenvalue weighted by molar-refractivity contribution is -0.167.